The van der Waals surface area contributed by atoms with Gasteiger partial charge in [0.05, 0.1) is 5.57 Å². The van der Waals surface area contributed by atoms with Crippen LogP contribution in [0.3, 0.4) is 0 Å². The molecule has 1 saturated carbocycles. The molecule has 1 aliphatic carbocycles. The van der Waals surface area contributed by atoms with Gasteiger partial charge in [-0.05, 0) is 6.92 Å². The Morgan fingerprint density at radius 2 is 1.44 bits per heavy atom. The molecule has 0 aromatic rings. The van der Waals surface area contributed by atoms with Gasteiger partial charge in [-0.2, -0.15) is 17.6 Å². The summed E-state index contributed by atoms with van der Waals surface area (Å²) in [6.07, 6.45) is 0.750. The Morgan fingerprint density at radius 3 is 1.44 bits per heavy atom. The van der Waals surface area contributed by atoms with E-state index in [2.05, 4.69) is 0 Å². The van der Waals surface area contributed by atoms with Crippen LogP contribution in [-0.4, -0.2) is 11.8 Å². The van der Waals surface area contributed by atoms with Gasteiger partial charge >= 0.3 is 11.8 Å². The summed E-state index contributed by atoms with van der Waals surface area (Å²) in [7, 11) is 0. The molecule has 0 saturated heterocycles. The highest BCUT2D eigenvalue weighted by Crippen LogP contribution is 2.61. The Hall–Kier alpha value is -0.540. The molecular weight excluding hydrogens is 136 g/mol. The van der Waals surface area contributed by atoms with Gasteiger partial charge in [-0.25, -0.2) is 0 Å². The third kappa shape index (κ3) is 0.531. The van der Waals surface area contributed by atoms with Gasteiger partial charge in [0.1, 0.15) is 0 Å². The van der Waals surface area contributed by atoms with Crippen LogP contribution in [0.1, 0.15) is 6.92 Å². The lowest BCUT2D eigenvalue weighted by Gasteiger charge is -1.86. The van der Waals surface area contributed by atoms with Crippen molar-refractivity contribution in [2.45, 2.75) is 18.8 Å². The summed E-state index contributed by atoms with van der Waals surface area (Å²) >= 11 is 0. The zero-order valence-corrected chi connectivity index (χ0v) is 4.59. The standard InChI is InChI=1S/C5H4F4/c1-2-3-4(6,7)5(3,8)9/h2H,1H3. The maximum absolute atomic E-state index is 11.8. The van der Waals surface area contributed by atoms with Gasteiger partial charge < -0.3 is 0 Å². The molecule has 1 rings (SSSR count). The van der Waals surface area contributed by atoms with Crippen LogP contribution < -0.4 is 0 Å². The largest absolute Gasteiger partial charge is 0.341 e. The number of hydrogen-bond donors (Lipinski definition) is 0. The first-order chi connectivity index (χ1) is 3.94. The van der Waals surface area contributed by atoms with Crippen LogP contribution in [0, 0.1) is 0 Å². The van der Waals surface area contributed by atoms with Gasteiger partial charge in [0.25, 0.3) is 0 Å². The van der Waals surface area contributed by atoms with Crippen LogP contribution in [0.15, 0.2) is 11.6 Å². The van der Waals surface area contributed by atoms with Crippen molar-refractivity contribution < 1.29 is 17.6 Å². The van der Waals surface area contributed by atoms with E-state index in [4.69, 9.17) is 0 Å². The highest BCUT2D eigenvalue weighted by Gasteiger charge is 2.80. The first-order valence-electron chi connectivity index (χ1n) is 2.37. The molecule has 0 nitrogen and oxygen atoms in total. The molecule has 0 N–H and O–H groups in total. The second kappa shape index (κ2) is 1.30. The average molecular weight is 140 g/mol. The first kappa shape index (κ1) is 6.58. The van der Waals surface area contributed by atoms with Gasteiger partial charge in [-0.3, -0.25) is 0 Å². The van der Waals surface area contributed by atoms with Crippen LogP contribution in [0.25, 0.3) is 0 Å². The van der Waals surface area contributed by atoms with Crippen molar-refractivity contribution in [3.63, 3.8) is 0 Å². The molecule has 0 aliphatic heterocycles. The van der Waals surface area contributed by atoms with E-state index in [1.165, 1.54) is 6.92 Å². The van der Waals surface area contributed by atoms with E-state index in [1.54, 1.807) is 0 Å². The fourth-order valence-electron chi connectivity index (χ4n) is 0.674. The molecule has 9 heavy (non-hydrogen) atoms. The quantitative estimate of drug-likeness (QED) is 0.357. The van der Waals surface area contributed by atoms with Crippen molar-refractivity contribution in [2.24, 2.45) is 0 Å². The lowest BCUT2D eigenvalue weighted by molar-refractivity contribution is -0.0278. The number of allylic oxidation sites excluding steroid dienone is 2. The van der Waals surface area contributed by atoms with Gasteiger partial charge in [0.15, 0.2) is 0 Å². The predicted molar refractivity (Wildman–Crippen MR) is 23.7 cm³/mol. The van der Waals surface area contributed by atoms with Crippen molar-refractivity contribution in [2.75, 3.05) is 0 Å². The summed E-state index contributed by atoms with van der Waals surface area (Å²) in [5.74, 6) is -7.72. The Balaban J connectivity index is 2.91. The smallest absolute Gasteiger partial charge is 0.194 e. The van der Waals surface area contributed by atoms with Crippen LogP contribution in [0.5, 0.6) is 0 Å². The van der Waals surface area contributed by atoms with Crippen LogP contribution >= 0.6 is 0 Å². The molecule has 0 unspecified atom stereocenters. The van der Waals surface area contributed by atoms with E-state index in [-0.39, 0.29) is 0 Å². The maximum Gasteiger partial charge on any atom is 0.341 e. The van der Waals surface area contributed by atoms with Gasteiger partial charge in [-0.1, -0.05) is 6.08 Å². The summed E-state index contributed by atoms with van der Waals surface area (Å²) in [6, 6.07) is 0. The number of rotatable bonds is 0. The molecule has 0 spiro atoms. The molecule has 0 bridgehead atoms. The summed E-state index contributed by atoms with van der Waals surface area (Å²) in [6.45, 7) is 1.17. The molecule has 1 fully saturated rings. The highest BCUT2D eigenvalue weighted by molar-refractivity contribution is 5.44. The minimum absolute atomic E-state index is 0.750. The third-order valence-corrected chi connectivity index (χ3v) is 1.30. The molecule has 0 heterocycles. The van der Waals surface area contributed by atoms with Crippen LogP contribution in [0.2, 0.25) is 0 Å². The van der Waals surface area contributed by atoms with Crippen molar-refractivity contribution in [3.8, 4) is 0 Å². The topological polar surface area (TPSA) is 0 Å². The van der Waals surface area contributed by atoms with Crippen molar-refractivity contribution in [1.29, 1.82) is 0 Å². The minimum Gasteiger partial charge on any atom is -0.194 e. The fourth-order valence-corrected chi connectivity index (χ4v) is 0.674. The van der Waals surface area contributed by atoms with E-state index < -0.39 is 17.4 Å². The third-order valence-electron chi connectivity index (χ3n) is 1.30. The van der Waals surface area contributed by atoms with Gasteiger partial charge in [0.2, 0.25) is 0 Å². The van der Waals surface area contributed by atoms with E-state index in [0.717, 1.165) is 6.08 Å². The zero-order valence-electron chi connectivity index (χ0n) is 4.59. The minimum atomic E-state index is -3.86. The van der Waals surface area contributed by atoms with E-state index in [1.807, 2.05) is 0 Å². The molecule has 0 aromatic heterocycles. The second-order valence-corrected chi connectivity index (χ2v) is 1.85. The summed E-state index contributed by atoms with van der Waals surface area (Å²) < 4.78 is 47.0. The monoisotopic (exact) mass is 140 g/mol. The van der Waals surface area contributed by atoms with Gasteiger partial charge in [-0.15, -0.1) is 0 Å². The second-order valence-electron chi connectivity index (χ2n) is 1.85. The molecule has 52 valence electrons. The molecule has 1 aliphatic rings. The predicted octanol–water partition coefficient (Wildman–Crippen LogP) is 2.22. The summed E-state index contributed by atoms with van der Waals surface area (Å²) in [5, 5.41) is 0. The van der Waals surface area contributed by atoms with Crippen LogP contribution in [-0.2, 0) is 0 Å². The molecule has 0 atom stereocenters. The average Bonchev–Trinajstić information content (AvgIpc) is 2.00. The molecule has 0 amide bonds. The Morgan fingerprint density at radius 1 is 1.11 bits per heavy atom. The molecule has 0 aromatic carbocycles. The Bertz CT molecular complexity index is 152. The zero-order chi connectivity index (χ0) is 7.28. The first-order valence-corrected chi connectivity index (χ1v) is 2.37. The fraction of sp³-hybridized carbons (Fsp3) is 0.600. The van der Waals surface area contributed by atoms with Crippen molar-refractivity contribution in [1.82, 2.24) is 0 Å². The lowest BCUT2D eigenvalue weighted by Crippen LogP contribution is -2.02. The number of alkyl halides is 4. The van der Waals surface area contributed by atoms with Crippen molar-refractivity contribution >= 4 is 0 Å². The van der Waals surface area contributed by atoms with Crippen molar-refractivity contribution in [3.05, 3.63) is 11.6 Å². The molecular formula is C5H4F4. The number of halogens is 4. The lowest BCUT2D eigenvalue weighted by atomic mass is 10.5. The Labute approximate surface area is 49.2 Å². The number of hydrogen-bond acceptors (Lipinski definition) is 0. The van der Waals surface area contributed by atoms with E-state index in [0.29, 0.717) is 0 Å². The molecule has 0 radical (unpaired) electrons. The summed E-state index contributed by atoms with van der Waals surface area (Å²) in [5.41, 5.74) is -1.06. The Kier molecular flexibility index (Phi) is 0.952. The highest BCUT2D eigenvalue weighted by atomic mass is 19.3. The molecule has 4 heteroatoms. The normalized spacial score (nSPS) is 27.9. The maximum atomic E-state index is 11.8. The van der Waals surface area contributed by atoms with Gasteiger partial charge in [0, 0.05) is 0 Å². The van der Waals surface area contributed by atoms with Crippen LogP contribution in [0.4, 0.5) is 17.6 Å². The SMILES string of the molecule is CC=C1C(F)(F)C1(F)F. The van der Waals surface area contributed by atoms with E-state index in [9.17, 15) is 17.6 Å². The summed E-state index contributed by atoms with van der Waals surface area (Å²) in [4.78, 5) is 0. The van der Waals surface area contributed by atoms with E-state index >= 15 is 0 Å².